The Balaban J connectivity index is 2.02. The highest BCUT2D eigenvalue weighted by molar-refractivity contribution is 5.42. The van der Waals surface area contributed by atoms with Gasteiger partial charge in [0.25, 0.3) is 0 Å². The van der Waals surface area contributed by atoms with Crippen molar-refractivity contribution in [1.82, 2.24) is 9.97 Å². The fraction of sp³-hybridized carbons (Fsp3) is 0.286. The van der Waals surface area contributed by atoms with Gasteiger partial charge in [0.2, 0.25) is 0 Å². The second-order valence-corrected chi connectivity index (χ2v) is 4.51. The van der Waals surface area contributed by atoms with Crippen LogP contribution in [0.5, 0.6) is 0 Å². The van der Waals surface area contributed by atoms with Crippen LogP contribution in [-0.2, 0) is 0 Å². The van der Waals surface area contributed by atoms with Gasteiger partial charge in [-0.1, -0.05) is 12.1 Å². The largest absolute Gasteiger partial charge is 0.399 e. The van der Waals surface area contributed by atoms with E-state index in [0.29, 0.717) is 18.1 Å². The highest BCUT2D eigenvalue weighted by atomic mass is 16.3. The van der Waals surface area contributed by atoms with Crippen LogP contribution < -0.4 is 11.1 Å². The van der Waals surface area contributed by atoms with Gasteiger partial charge in [-0.2, -0.15) is 0 Å². The SMILES string of the molecule is Cc1cnc(C)c(NCC(O)c2ccc(N)cc2)n1. The molecule has 0 saturated heterocycles. The van der Waals surface area contributed by atoms with Gasteiger partial charge in [0.1, 0.15) is 5.82 Å². The van der Waals surface area contributed by atoms with Gasteiger partial charge >= 0.3 is 0 Å². The average molecular weight is 258 g/mol. The summed E-state index contributed by atoms with van der Waals surface area (Å²) < 4.78 is 0. The van der Waals surface area contributed by atoms with Crippen molar-refractivity contribution in [3.8, 4) is 0 Å². The number of aromatic nitrogens is 2. The smallest absolute Gasteiger partial charge is 0.147 e. The Bertz CT molecular complexity index is 554. The topological polar surface area (TPSA) is 84.1 Å². The Morgan fingerprint density at radius 2 is 1.95 bits per heavy atom. The van der Waals surface area contributed by atoms with Crippen molar-refractivity contribution in [3.05, 3.63) is 47.4 Å². The van der Waals surface area contributed by atoms with Crippen LogP contribution in [0.2, 0.25) is 0 Å². The third-order valence-electron chi connectivity index (χ3n) is 2.86. The van der Waals surface area contributed by atoms with Crippen LogP contribution in [0.4, 0.5) is 11.5 Å². The lowest BCUT2D eigenvalue weighted by atomic mass is 10.1. The Morgan fingerprint density at radius 1 is 1.26 bits per heavy atom. The number of anilines is 2. The lowest BCUT2D eigenvalue weighted by Gasteiger charge is -2.14. The summed E-state index contributed by atoms with van der Waals surface area (Å²) in [5.74, 6) is 0.703. The molecule has 1 unspecified atom stereocenters. The summed E-state index contributed by atoms with van der Waals surface area (Å²) >= 11 is 0. The molecule has 1 heterocycles. The van der Waals surface area contributed by atoms with Crippen LogP contribution in [0, 0.1) is 13.8 Å². The first-order chi connectivity index (χ1) is 9.06. The van der Waals surface area contributed by atoms with Gasteiger partial charge in [0.05, 0.1) is 17.5 Å². The number of aryl methyl sites for hydroxylation is 2. The number of nitrogens with zero attached hydrogens (tertiary/aromatic N) is 2. The van der Waals surface area contributed by atoms with Gasteiger partial charge in [-0.3, -0.25) is 4.98 Å². The number of aliphatic hydroxyl groups excluding tert-OH is 1. The zero-order valence-corrected chi connectivity index (χ0v) is 11.1. The number of hydrogen-bond acceptors (Lipinski definition) is 5. The predicted molar refractivity (Wildman–Crippen MR) is 75.8 cm³/mol. The molecule has 0 amide bonds. The molecular weight excluding hydrogens is 240 g/mol. The molecule has 0 fully saturated rings. The standard InChI is InChI=1S/C14H18N4O/c1-9-7-16-10(2)14(18-9)17-8-13(19)11-3-5-12(15)6-4-11/h3-7,13,19H,8,15H2,1-2H3,(H,17,18). The summed E-state index contributed by atoms with van der Waals surface area (Å²) in [6.45, 7) is 4.14. The maximum Gasteiger partial charge on any atom is 0.147 e. The predicted octanol–water partition coefficient (Wildman–Crippen LogP) is 1.82. The first kappa shape index (κ1) is 13.3. The molecule has 1 aromatic heterocycles. The van der Waals surface area contributed by atoms with E-state index in [1.807, 2.05) is 26.0 Å². The number of nitrogen functional groups attached to an aromatic ring is 1. The molecule has 2 rings (SSSR count). The zero-order valence-electron chi connectivity index (χ0n) is 11.1. The summed E-state index contributed by atoms with van der Waals surface area (Å²) in [7, 11) is 0. The molecule has 1 atom stereocenters. The van der Waals surface area contributed by atoms with E-state index in [0.717, 1.165) is 17.0 Å². The van der Waals surface area contributed by atoms with E-state index in [2.05, 4.69) is 15.3 Å². The van der Waals surface area contributed by atoms with Crippen molar-refractivity contribution in [2.24, 2.45) is 0 Å². The van der Waals surface area contributed by atoms with E-state index >= 15 is 0 Å². The van der Waals surface area contributed by atoms with E-state index in [1.165, 1.54) is 0 Å². The van der Waals surface area contributed by atoms with Crippen LogP contribution in [0.25, 0.3) is 0 Å². The summed E-state index contributed by atoms with van der Waals surface area (Å²) in [5, 5.41) is 13.2. The highest BCUT2D eigenvalue weighted by Crippen LogP contribution is 2.16. The van der Waals surface area contributed by atoms with E-state index in [4.69, 9.17) is 5.73 Å². The summed E-state index contributed by atoms with van der Waals surface area (Å²) in [6, 6.07) is 7.18. The van der Waals surface area contributed by atoms with Crippen LogP contribution in [-0.4, -0.2) is 21.6 Å². The third kappa shape index (κ3) is 3.42. The summed E-state index contributed by atoms with van der Waals surface area (Å²) in [6.07, 6.45) is 1.11. The Kier molecular flexibility index (Phi) is 3.97. The molecular formula is C14H18N4O. The first-order valence-corrected chi connectivity index (χ1v) is 6.14. The molecule has 5 heteroatoms. The normalized spacial score (nSPS) is 12.2. The van der Waals surface area contributed by atoms with Crippen molar-refractivity contribution in [2.45, 2.75) is 20.0 Å². The van der Waals surface area contributed by atoms with Gasteiger partial charge in [0, 0.05) is 18.4 Å². The quantitative estimate of drug-likeness (QED) is 0.728. The van der Waals surface area contributed by atoms with Crippen LogP contribution >= 0.6 is 0 Å². The van der Waals surface area contributed by atoms with Gasteiger partial charge in [-0.15, -0.1) is 0 Å². The number of rotatable bonds is 4. The first-order valence-electron chi connectivity index (χ1n) is 6.14. The summed E-state index contributed by atoms with van der Waals surface area (Å²) in [5.41, 5.74) is 8.77. The molecule has 2 aromatic rings. The molecule has 1 aromatic carbocycles. The van der Waals surface area contributed by atoms with Crippen molar-refractivity contribution in [2.75, 3.05) is 17.6 Å². The van der Waals surface area contributed by atoms with Crippen molar-refractivity contribution < 1.29 is 5.11 Å². The van der Waals surface area contributed by atoms with Crippen molar-refractivity contribution in [3.63, 3.8) is 0 Å². The summed E-state index contributed by atoms with van der Waals surface area (Å²) in [4.78, 5) is 8.57. The molecule has 0 aliphatic carbocycles. The molecule has 4 N–H and O–H groups in total. The third-order valence-corrected chi connectivity index (χ3v) is 2.86. The Labute approximate surface area is 112 Å². The lowest BCUT2D eigenvalue weighted by Crippen LogP contribution is -2.14. The number of hydrogen-bond donors (Lipinski definition) is 3. The van der Waals surface area contributed by atoms with Crippen molar-refractivity contribution in [1.29, 1.82) is 0 Å². The van der Waals surface area contributed by atoms with Gasteiger partial charge in [-0.05, 0) is 31.5 Å². The second kappa shape index (κ2) is 5.67. The lowest BCUT2D eigenvalue weighted by molar-refractivity contribution is 0.191. The van der Waals surface area contributed by atoms with Gasteiger partial charge < -0.3 is 16.2 Å². The van der Waals surface area contributed by atoms with Crippen LogP contribution in [0.1, 0.15) is 23.1 Å². The average Bonchev–Trinajstić information content (AvgIpc) is 2.40. The van der Waals surface area contributed by atoms with Crippen LogP contribution in [0.3, 0.4) is 0 Å². The minimum absolute atomic E-state index is 0.378. The number of aliphatic hydroxyl groups is 1. The van der Waals surface area contributed by atoms with E-state index in [9.17, 15) is 5.11 Å². The highest BCUT2D eigenvalue weighted by Gasteiger charge is 2.09. The molecule has 100 valence electrons. The van der Waals surface area contributed by atoms with Gasteiger partial charge in [0.15, 0.2) is 0 Å². The molecule has 5 nitrogen and oxygen atoms in total. The monoisotopic (exact) mass is 258 g/mol. The zero-order chi connectivity index (χ0) is 13.8. The molecule has 0 bridgehead atoms. The fourth-order valence-corrected chi connectivity index (χ4v) is 1.73. The molecule has 0 saturated carbocycles. The number of nitrogens with two attached hydrogens (primary N) is 1. The Hall–Kier alpha value is -2.14. The molecule has 19 heavy (non-hydrogen) atoms. The Morgan fingerprint density at radius 3 is 2.63 bits per heavy atom. The molecule has 0 aliphatic heterocycles. The molecule has 0 aliphatic rings. The van der Waals surface area contributed by atoms with Crippen LogP contribution in [0.15, 0.2) is 30.5 Å². The van der Waals surface area contributed by atoms with E-state index in [-0.39, 0.29) is 0 Å². The number of benzene rings is 1. The number of nitrogens with one attached hydrogen (secondary N) is 1. The fourth-order valence-electron chi connectivity index (χ4n) is 1.73. The minimum Gasteiger partial charge on any atom is -0.399 e. The van der Waals surface area contributed by atoms with E-state index < -0.39 is 6.10 Å². The molecule has 0 radical (unpaired) electrons. The maximum absolute atomic E-state index is 10.1. The second-order valence-electron chi connectivity index (χ2n) is 4.51. The van der Waals surface area contributed by atoms with E-state index in [1.54, 1.807) is 18.3 Å². The van der Waals surface area contributed by atoms with Crippen molar-refractivity contribution >= 4 is 11.5 Å². The molecule has 0 spiro atoms. The maximum atomic E-state index is 10.1. The van der Waals surface area contributed by atoms with Gasteiger partial charge in [-0.25, -0.2) is 4.98 Å². The minimum atomic E-state index is -0.609.